The summed E-state index contributed by atoms with van der Waals surface area (Å²) in [5.74, 6) is -0.229. The van der Waals surface area contributed by atoms with E-state index in [9.17, 15) is 9.59 Å². The van der Waals surface area contributed by atoms with Gasteiger partial charge in [0, 0.05) is 10.6 Å². The van der Waals surface area contributed by atoms with Crippen LogP contribution in [0.4, 0.5) is 5.69 Å². The molecule has 0 fully saturated rings. The van der Waals surface area contributed by atoms with Crippen molar-refractivity contribution in [1.29, 1.82) is 0 Å². The molecule has 0 aliphatic heterocycles. The first-order valence-corrected chi connectivity index (χ1v) is 11.4. The van der Waals surface area contributed by atoms with Gasteiger partial charge in [-0.1, -0.05) is 48.5 Å². The summed E-state index contributed by atoms with van der Waals surface area (Å²) in [5.41, 5.74) is 4.02. The lowest BCUT2D eigenvalue weighted by molar-refractivity contribution is -0.116. The van der Waals surface area contributed by atoms with Gasteiger partial charge in [0.15, 0.2) is 0 Å². The lowest BCUT2D eigenvalue weighted by Gasteiger charge is -2.12. The Labute approximate surface area is 184 Å². The first-order chi connectivity index (χ1) is 15.2. The molecule has 2 aromatic heterocycles. The van der Waals surface area contributed by atoms with Crippen molar-refractivity contribution in [1.82, 2.24) is 9.55 Å². The van der Waals surface area contributed by atoms with Gasteiger partial charge in [0.1, 0.15) is 11.4 Å². The minimum absolute atomic E-state index is 0.0495. The molecule has 1 aliphatic carbocycles. The van der Waals surface area contributed by atoms with Crippen molar-refractivity contribution in [3.8, 4) is 0 Å². The number of amides is 1. The molecular formula is C25H23N3O2S. The van der Waals surface area contributed by atoms with E-state index in [4.69, 9.17) is 0 Å². The van der Waals surface area contributed by atoms with Crippen LogP contribution in [-0.4, -0.2) is 15.5 Å². The van der Waals surface area contributed by atoms with E-state index < -0.39 is 0 Å². The summed E-state index contributed by atoms with van der Waals surface area (Å²) < 4.78 is 1.43. The van der Waals surface area contributed by atoms with Gasteiger partial charge in [0.2, 0.25) is 5.91 Å². The fourth-order valence-electron chi connectivity index (χ4n) is 4.25. The van der Waals surface area contributed by atoms with Crippen LogP contribution < -0.4 is 10.9 Å². The molecule has 0 unspecified atom stereocenters. The van der Waals surface area contributed by atoms with Crippen LogP contribution in [-0.2, 0) is 30.6 Å². The van der Waals surface area contributed by atoms with Crippen LogP contribution in [0.1, 0.15) is 34.4 Å². The number of aryl methyl sites for hydroxylation is 2. The molecule has 0 saturated heterocycles. The van der Waals surface area contributed by atoms with Gasteiger partial charge in [-0.05, 0) is 54.9 Å². The van der Waals surface area contributed by atoms with Crippen LogP contribution in [0.3, 0.4) is 0 Å². The molecule has 1 N–H and O–H groups in total. The Morgan fingerprint density at radius 1 is 1.03 bits per heavy atom. The minimum Gasteiger partial charge on any atom is -0.324 e. The van der Waals surface area contributed by atoms with Gasteiger partial charge in [0.05, 0.1) is 11.7 Å². The van der Waals surface area contributed by atoms with Crippen LogP contribution in [0.25, 0.3) is 10.2 Å². The second kappa shape index (κ2) is 8.47. The van der Waals surface area contributed by atoms with Crippen LogP contribution in [0.2, 0.25) is 0 Å². The number of anilines is 1. The average molecular weight is 430 g/mol. The number of fused-ring (bicyclic) bond motifs is 3. The van der Waals surface area contributed by atoms with Gasteiger partial charge in [0.25, 0.3) is 5.56 Å². The highest BCUT2D eigenvalue weighted by Gasteiger charge is 2.20. The maximum atomic E-state index is 13.1. The molecule has 156 valence electrons. The molecule has 6 heteroatoms. The van der Waals surface area contributed by atoms with Crippen molar-refractivity contribution in [3.63, 3.8) is 0 Å². The largest absolute Gasteiger partial charge is 0.324 e. The summed E-state index contributed by atoms with van der Waals surface area (Å²) in [6.45, 7) is -0.0495. The molecule has 0 bridgehead atoms. The van der Waals surface area contributed by atoms with E-state index >= 15 is 0 Å². The van der Waals surface area contributed by atoms with Gasteiger partial charge < -0.3 is 5.32 Å². The van der Waals surface area contributed by atoms with Gasteiger partial charge in [-0.2, -0.15) is 0 Å². The molecule has 0 radical (unpaired) electrons. The zero-order valence-electron chi connectivity index (χ0n) is 17.1. The van der Waals surface area contributed by atoms with Crippen molar-refractivity contribution < 1.29 is 4.79 Å². The normalized spacial score (nSPS) is 13.2. The molecular weight excluding hydrogens is 406 g/mol. The Morgan fingerprint density at radius 3 is 2.68 bits per heavy atom. The third kappa shape index (κ3) is 4.03. The lowest BCUT2D eigenvalue weighted by atomic mass is 9.97. The number of thiophene rings is 1. The fourth-order valence-corrected chi connectivity index (χ4v) is 5.47. The van der Waals surface area contributed by atoms with Crippen molar-refractivity contribution in [2.45, 2.75) is 38.6 Å². The molecule has 5 rings (SSSR count). The second-order valence-corrected chi connectivity index (χ2v) is 9.02. The van der Waals surface area contributed by atoms with E-state index in [0.717, 1.165) is 47.3 Å². The highest BCUT2D eigenvalue weighted by atomic mass is 32.1. The average Bonchev–Trinajstić information content (AvgIpc) is 3.17. The Balaban J connectivity index is 1.37. The van der Waals surface area contributed by atoms with Crippen molar-refractivity contribution in [2.24, 2.45) is 0 Å². The van der Waals surface area contributed by atoms with Crippen LogP contribution >= 0.6 is 11.3 Å². The maximum Gasteiger partial charge on any atom is 0.262 e. The number of para-hydroxylation sites is 1. The smallest absolute Gasteiger partial charge is 0.262 e. The molecule has 31 heavy (non-hydrogen) atoms. The van der Waals surface area contributed by atoms with E-state index in [1.54, 1.807) is 11.3 Å². The van der Waals surface area contributed by atoms with E-state index in [1.165, 1.54) is 27.8 Å². The summed E-state index contributed by atoms with van der Waals surface area (Å²) in [5, 5.41) is 3.69. The minimum atomic E-state index is -0.229. The molecule has 0 saturated carbocycles. The topological polar surface area (TPSA) is 64.0 Å². The third-order valence-electron chi connectivity index (χ3n) is 5.78. The van der Waals surface area contributed by atoms with Crippen LogP contribution in [0.5, 0.6) is 0 Å². The molecule has 0 atom stereocenters. The molecule has 1 aliphatic rings. The van der Waals surface area contributed by atoms with Crippen LogP contribution in [0.15, 0.2) is 65.7 Å². The number of nitrogens with zero attached hydrogens (tertiary/aromatic N) is 2. The van der Waals surface area contributed by atoms with Gasteiger partial charge in [-0.25, -0.2) is 4.98 Å². The van der Waals surface area contributed by atoms with Gasteiger partial charge >= 0.3 is 0 Å². The highest BCUT2D eigenvalue weighted by Crippen LogP contribution is 2.33. The van der Waals surface area contributed by atoms with Crippen molar-refractivity contribution >= 4 is 33.1 Å². The Bertz CT molecular complexity index is 1310. The Hall–Kier alpha value is -3.25. The number of hydrogen-bond acceptors (Lipinski definition) is 4. The maximum absolute atomic E-state index is 13.1. The predicted octanol–water partition coefficient (Wildman–Crippen LogP) is 4.57. The van der Waals surface area contributed by atoms with E-state index in [-0.39, 0.29) is 18.0 Å². The van der Waals surface area contributed by atoms with Crippen LogP contribution in [0, 0.1) is 0 Å². The predicted molar refractivity (Wildman–Crippen MR) is 125 cm³/mol. The van der Waals surface area contributed by atoms with Gasteiger partial charge in [-0.3, -0.25) is 14.2 Å². The molecule has 0 spiro atoms. The summed E-state index contributed by atoms with van der Waals surface area (Å²) in [6, 6.07) is 17.9. The van der Waals surface area contributed by atoms with E-state index in [1.807, 2.05) is 42.5 Å². The molecule has 1 amide bonds. The first kappa shape index (κ1) is 19.7. The molecule has 2 heterocycles. The number of aromatic nitrogens is 2. The molecule has 4 aromatic rings. The number of carbonyl (C=O) groups is 1. The quantitative estimate of drug-likeness (QED) is 0.506. The summed E-state index contributed by atoms with van der Waals surface area (Å²) in [7, 11) is 0. The number of hydrogen-bond donors (Lipinski definition) is 1. The summed E-state index contributed by atoms with van der Waals surface area (Å²) >= 11 is 1.62. The zero-order valence-corrected chi connectivity index (χ0v) is 18.0. The number of nitrogens with one attached hydrogen (secondary N) is 1. The van der Waals surface area contributed by atoms with E-state index in [0.29, 0.717) is 5.39 Å². The second-order valence-electron chi connectivity index (χ2n) is 7.94. The van der Waals surface area contributed by atoms with Crippen molar-refractivity contribution in [2.75, 3.05) is 5.32 Å². The summed E-state index contributed by atoms with van der Waals surface area (Å²) in [4.78, 5) is 32.5. The molecule has 2 aromatic carbocycles. The van der Waals surface area contributed by atoms with Crippen molar-refractivity contribution in [3.05, 3.63) is 92.8 Å². The van der Waals surface area contributed by atoms with E-state index in [2.05, 4.69) is 22.4 Å². The lowest BCUT2D eigenvalue weighted by Crippen LogP contribution is -2.28. The highest BCUT2D eigenvalue weighted by molar-refractivity contribution is 7.18. The van der Waals surface area contributed by atoms with Gasteiger partial charge in [-0.15, -0.1) is 11.3 Å². The Kier molecular flexibility index (Phi) is 5.38. The zero-order chi connectivity index (χ0) is 21.2. The number of rotatable bonds is 5. The number of carbonyl (C=O) groups excluding carboxylic acids is 1. The SMILES string of the molecule is O=C(Cn1cnc2sc3c(c2c1=O)CCCC3)Nc1ccccc1Cc1ccccc1. The summed E-state index contributed by atoms with van der Waals surface area (Å²) in [6.07, 6.45) is 6.45. The Morgan fingerprint density at radius 2 is 1.81 bits per heavy atom. The fraction of sp³-hybridized carbons (Fsp3) is 0.240. The monoisotopic (exact) mass is 429 g/mol. The number of benzene rings is 2. The third-order valence-corrected chi connectivity index (χ3v) is 6.98. The molecule has 5 nitrogen and oxygen atoms in total. The first-order valence-electron chi connectivity index (χ1n) is 10.6. The standard InChI is InChI=1S/C25H23N3O2S/c29-22(27-20-12-6-4-10-18(20)14-17-8-2-1-3-9-17)15-28-16-26-24-23(25(28)30)19-11-5-7-13-21(19)31-24/h1-4,6,8-10,12,16H,5,7,11,13-15H2,(H,27,29).